The number of likely N-dealkylation sites (tertiary alicyclic amines) is 1. The lowest BCUT2D eigenvalue weighted by Gasteiger charge is -2.36. The Morgan fingerprint density at radius 3 is 1.59 bits per heavy atom. The Morgan fingerprint density at radius 1 is 0.575 bits per heavy atom. The predicted molar refractivity (Wildman–Crippen MR) is 314 cm³/mol. The molecule has 1 N–H and O–H groups in total. The van der Waals surface area contributed by atoms with Gasteiger partial charge in [0.1, 0.15) is 17.2 Å². The van der Waals surface area contributed by atoms with Gasteiger partial charge in [0, 0.05) is 75.6 Å². The van der Waals surface area contributed by atoms with E-state index in [0.717, 1.165) is 54.2 Å². The zero-order valence-electron chi connectivity index (χ0n) is 51.2. The van der Waals surface area contributed by atoms with E-state index in [2.05, 4.69) is 22.6 Å². The number of ether oxygens (including phenoxy) is 14. The molecule has 0 spiro atoms. The first-order chi connectivity index (χ1) is 42.6. The smallest absolute Gasteiger partial charge is 0.335 e. The molecule has 6 amide bonds. The largest absolute Gasteiger partial charge is 0.497 e. The third kappa shape index (κ3) is 28.7. The van der Waals surface area contributed by atoms with Crippen molar-refractivity contribution < 1.29 is 95.1 Å². The van der Waals surface area contributed by atoms with Gasteiger partial charge in [-0.05, 0) is 49.6 Å². The molecule has 87 heavy (non-hydrogen) atoms. The lowest BCUT2D eigenvalue weighted by molar-refractivity contribution is -0.198. The summed E-state index contributed by atoms with van der Waals surface area (Å²) < 4.78 is 76.9. The van der Waals surface area contributed by atoms with Crippen LogP contribution in [0.2, 0.25) is 0 Å². The number of nitrogens with one attached hydrogen (secondary N) is 1. The van der Waals surface area contributed by atoms with Crippen molar-refractivity contribution in [2.75, 3.05) is 205 Å². The summed E-state index contributed by atoms with van der Waals surface area (Å²) >= 11 is 0. The number of carbonyl (C=O) groups excluding carboxylic acids is 5. The number of anilines is 1. The van der Waals surface area contributed by atoms with Crippen molar-refractivity contribution in [3.63, 3.8) is 0 Å². The number of hydrogen-bond donors (Lipinski definition) is 1. The predicted octanol–water partition coefficient (Wildman–Crippen LogP) is 4.12. The second-order valence-corrected chi connectivity index (χ2v) is 19.7. The Bertz CT molecular complexity index is 2370. The summed E-state index contributed by atoms with van der Waals surface area (Å²) in [6, 6.07) is 13.2. The fourth-order valence-corrected chi connectivity index (χ4v) is 8.73. The normalized spacial score (nSPS) is 14.5. The Kier molecular flexibility index (Phi) is 36.5. The molecular weight excluding hydrogens is 1140 g/mol. The van der Waals surface area contributed by atoms with Gasteiger partial charge in [-0.1, -0.05) is 24.3 Å². The minimum absolute atomic E-state index is 0.0198. The Balaban J connectivity index is 0.000000329. The molecule has 488 valence electrons. The standard InChI is InChI=1S/C35H49N7O7.C24H43NO13/c1-4-18-47-20-22-49-23-21-48-19-17-41-26-32(37-38-41)27-5-7-29(8-6-27)36-34(43)39-13-11-30(12-14-39)42-16-15-40(35(42)44)25-28-24-31(45-2)9-10-33(28)46-3;1-29-6-7-31-10-11-33-14-15-35-18-19-37-21-20-36-17-16-34-13-12-32-9-8-30-5-4-24(28)38-25-22(26)2-3-23(25)27/h5-10,24,26,30H,4,11-23,25H2,1-3H3,(H,36,43);2-21H2,1H3. The molecule has 28 nitrogen and oxygen atoms in total. The number of rotatable bonds is 46. The molecule has 0 atom stereocenters. The highest BCUT2D eigenvalue weighted by Crippen LogP contribution is 2.29. The second-order valence-electron chi connectivity index (χ2n) is 19.7. The molecule has 1 aromatic heterocycles. The molecule has 28 heteroatoms. The highest BCUT2D eigenvalue weighted by molar-refractivity contribution is 6.01. The van der Waals surface area contributed by atoms with Gasteiger partial charge in [0.15, 0.2) is 0 Å². The maximum Gasteiger partial charge on any atom is 0.335 e. The number of hydrogen-bond acceptors (Lipinski definition) is 22. The number of nitrogens with zero attached hydrogens (tertiary/aromatic N) is 7. The number of piperidine rings is 1. The first kappa shape index (κ1) is 71.6. The van der Waals surface area contributed by atoms with Crippen LogP contribution in [-0.2, 0) is 89.2 Å². The third-order valence-electron chi connectivity index (χ3n) is 13.4. The number of methoxy groups -OCH3 is 3. The summed E-state index contributed by atoms with van der Waals surface area (Å²) in [6.07, 6.45) is 4.41. The number of aromatic nitrogens is 3. The zero-order valence-corrected chi connectivity index (χ0v) is 51.2. The van der Waals surface area contributed by atoms with E-state index >= 15 is 0 Å². The second kappa shape index (κ2) is 44.3. The van der Waals surface area contributed by atoms with Crippen LogP contribution in [0, 0.1) is 0 Å². The van der Waals surface area contributed by atoms with Crippen molar-refractivity contribution in [3.8, 4) is 22.8 Å². The molecule has 0 radical (unpaired) electrons. The Morgan fingerprint density at radius 2 is 1.08 bits per heavy atom. The van der Waals surface area contributed by atoms with E-state index in [0.29, 0.717) is 189 Å². The lowest BCUT2D eigenvalue weighted by Crippen LogP contribution is -2.49. The Hall–Kier alpha value is -6.15. The van der Waals surface area contributed by atoms with Crippen molar-refractivity contribution in [2.24, 2.45) is 0 Å². The van der Waals surface area contributed by atoms with Crippen LogP contribution < -0.4 is 14.8 Å². The van der Waals surface area contributed by atoms with Gasteiger partial charge in [0.25, 0.3) is 11.8 Å². The average Bonchev–Trinajstić information content (AvgIpc) is 4.03. The van der Waals surface area contributed by atoms with Gasteiger partial charge in [0.05, 0.1) is 185 Å². The SMILES string of the molecule is CCCOCCOCCOCCn1cc(-c2ccc(NC(=O)N3CCC(N4CCN(Cc5cc(OC)ccc5OC)C4=O)CC3)cc2)nn1.COCCOCCOCCOCCOCCOCCOCCOCCOCCC(=O)ON1C(=O)CCC1=O. The van der Waals surface area contributed by atoms with E-state index in [-0.39, 0.29) is 44.0 Å². The highest BCUT2D eigenvalue weighted by atomic mass is 16.7. The molecule has 2 aromatic carbocycles. The van der Waals surface area contributed by atoms with E-state index in [9.17, 15) is 24.0 Å². The number of hydroxylamine groups is 2. The van der Waals surface area contributed by atoms with Crippen LogP contribution in [-0.4, -0.2) is 270 Å². The van der Waals surface area contributed by atoms with E-state index in [1.165, 1.54) is 0 Å². The molecule has 3 aliphatic rings. The average molecular weight is 1230 g/mol. The summed E-state index contributed by atoms with van der Waals surface area (Å²) in [6.45, 7) is 16.7. The molecule has 3 saturated heterocycles. The summed E-state index contributed by atoms with van der Waals surface area (Å²) in [5.74, 6) is -0.252. The molecule has 0 saturated carbocycles. The zero-order chi connectivity index (χ0) is 61.9. The van der Waals surface area contributed by atoms with Gasteiger partial charge in [-0.25, -0.2) is 19.1 Å². The van der Waals surface area contributed by atoms with Gasteiger partial charge in [-0.15, -0.1) is 10.2 Å². The van der Waals surface area contributed by atoms with E-state index in [1.807, 2.05) is 63.4 Å². The molecule has 0 bridgehead atoms. The maximum absolute atomic E-state index is 13.3. The lowest BCUT2D eigenvalue weighted by atomic mass is 10.0. The quantitative estimate of drug-likeness (QED) is 0.0615. The fraction of sp³-hybridized carbons (Fsp3) is 0.678. The molecule has 3 aliphatic heterocycles. The number of carbonyl (C=O) groups is 5. The van der Waals surface area contributed by atoms with Crippen LogP contribution in [0.3, 0.4) is 0 Å². The number of benzene rings is 2. The van der Waals surface area contributed by atoms with Crippen molar-refractivity contribution >= 4 is 35.5 Å². The summed E-state index contributed by atoms with van der Waals surface area (Å²) in [7, 11) is 4.88. The number of imide groups is 1. The van der Waals surface area contributed by atoms with Gasteiger partial charge < -0.3 is 91.2 Å². The molecule has 4 heterocycles. The van der Waals surface area contributed by atoms with Crippen LogP contribution >= 0.6 is 0 Å². The topological polar surface area (TPSA) is 279 Å². The molecule has 3 fully saturated rings. The first-order valence-electron chi connectivity index (χ1n) is 29.9. The van der Waals surface area contributed by atoms with Crippen LogP contribution in [0.1, 0.15) is 51.0 Å². The molecule has 3 aromatic rings. The van der Waals surface area contributed by atoms with Gasteiger partial charge in [0.2, 0.25) is 0 Å². The molecule has 0 aliphatic carbocycles. The van der Waals surface area contributed by atoms with Crippen molar-refractivity contribution in [1.29, 1.82) is 0 Å². The van der Waals surface area contributed by atoms with Crippen LogP contribution in [0.15, 0.2) is 48.7 Å². The maximum atomic E-state index is 13.3. The summed E-state index contributed by atoms with van der Waals surface area (Å²) in [4.78, 5) is 71.1. The minimum atomic E-state index is -0.695. The summed E-state index contributed by atoms with van der Waals surface area (Å²) in [5.41, 5.74) is 3.26. The van der Waals surface area contributed by atoms with Crippen LogP contribution in [0.5, 0.6) is 11.5 Å². The molecular formula is C59H92N8O20. The summed E-state index contributed by atoms with van der Waals surface area (Å²) in [5, 5.41) is 12.0. The molecule has 6 rings (SSSR count). The third-order valence-corrected chi connectivity index (χ3v) is 13.4. The molecule has 0 unspecified atom stereocenters. The van der Waals surface area contributed by atoms with Crippen molar-refractivity contribution in [1.82, 2.24) is 34.8 Å². The van der Waals surface area contributed by atoms with E-state index in [4.69, 9.17) is 71.2 Å². The van der Waals surface area contributed by atoms with E-state index < -0.39 is 17.8 Å². The Labute approximate surface area is 510 Å². The van der Waals surface area contributed by atoms with Crippen LogP contribution in [0.4, 0.5) is 15.3 Å². The number of amides is 6. The van der Waals surface area contributed by atoms with Crippen molar-refractivity contribution in [2.45, 2.75) is 64.6 Å². The number of urea groups is 2. The monoisotopic (exact) mass is 1230 g/mol. The van der Waals surface area contributed by atoms with Gasteiger partial charge >= 0.3 is 18.0 Å². The minimum Gasteiger partial charge on any atom is -0.497 e. The first-order valence-corrected chi connectivity index (χ1v) is 29.9. The van der Waals surface area contributed by atoms with Gasteiger partial charge in [-0.2, -0.15) is 0 Å². The van der Waals surface area contributed by atoms with Gasteiger partial charge in [-0.3, -0.25) is 9.59 Å². The van der Waals surface area contributed by atoms with Crippen molar-refractivity contribution in [3.05, 3.63) is 54.2 Å². The highest BCUT2D eigenvalue weighted by Gasteiger charge is 2.37. The van der Waals surface area contributed by atoms with E-state index in [1.54, 1.807) is 26.0 Å². The fourth-order valence-electron chi connectivity index (χ4n) is 8.73. The van der Waals surface area contributed by atoms with Crippen LogP contribution in [0.25, 0.3) is 11.3 Å².